The number of benzene rings is 2. The van der Waals surface area contributed by atoms with E-state index >= 15 is 0 Å². The van der Waals surface area contributed by atoms with Crippen molar-refractivity contribution in [2.24, 2.45) is 0 Å². The average molecular weight is 311 g/mol. The van der Waals surface area contributed by atoms with Gasteiger partial charge in [-0.2, -0.15) is 0 Å². The van der Waals surface area contributed by atoms with Crippen molar-refractivity contribution in [3.05, 3.63) is 60.2 Å². The van der Waals surface area contributed by atoms with Gasteiger partial charge in [-0.1, -0.05) is 50.1 Å². The maximum Gasteiger partial charge on any atom is 0.519 e. The summed E-state index contributed by atoms with van der Waals surface area (Å²) in [4.78, 5) is 11.9. The van der Waals surface area contributed by atoms with Crippen LogP contribution in [0.15, 0.2) is 54.6 Å². The molecule has 0 spiro atoms. The third-order valence-electron chi connectivity index (χ3n) is 3.38. The molecule has 0 heterocycles. The second kappa shape index (κ2) is 8.73. The summed E-state index contributed by atoms with van der Waals surface area (Å²) in [5.74, 6) is 0.780. The van der Waals surface area contributed by atoms with Crippen LogP contribution in [-0.4, -0.2) is 11.9 Å². The average Bonchev–Trinajstić information content (AvgIpc) is 2.56. The number of para-hydroxylation sites is 2. The van der Waals surface area contributed by atoms with Crippen molar-refractivity contribution in [3.8, 4) is 11.5 Å². The zero-order valence-corrected chi connectivity index (χ0v) is 13.2. The molecule has 0 atom stereocenters. The Hall–Kier alpha value is -2.62. The molecule has 23 heavy (non-hydrogen) atoms. The Bertz CT molecular complexity index is 653. The van der Waals surface area contributed by atoms with Crippen molar-refractivity contribution >= 4 is 11.9 Å². The Morgan fingerprint density at radius 3 is 2.39 bits per heavy atom. The fraction of sp³-hybridized carbons (Fsp3) is 0.263. The Labute approximate surface area is 136 Å². The van der Waals surface area contributed by atoms with Crippen LogP contribution in [0.4, 0.5) is 4.79 Å². The Morgan fingerprint density at radius 2 is 1.65 bits per heavy atom. The van der Waals surface area contributed by atoms with E-state index in [0.29, 0.717) is 29.2 Å². The smallest absolute Gasteiger partial charge is 0.395 e. The summed E-state index contributed by atoms with van der Waals surface area (Å²) in [6.07, 6.45) is 3.01. The van der Waals surface area contributed by atoms with Crippen molar-refractivity contribution in [1.29, 1.82) is 5.41 Å². The molecule has 0 fully saturated rings. The highest BCUT2D eigenvalue weighted by molar-refractivity contribution is 6.01. The van der Waals surface area contributed by atoms with Crippen LogP contribution in [0.5, 0.6) is 11.5 Å². The van der Waals surface area contributed by atoms with Gasteiger partial charge in [0.1, 0.15) is 11.5 Å². The number of ether oxygens (including phenoxy) is 2. The lowest BCUT2D eigenvalue weighted by Crippen LogP contribution is -2.15. The van der Waals surface area contributed by atoms with Gasteiger partial charge in [0.15, 0.2) is 0 Å². The van der Waals surface area contributed by atoms with Crippen LogP contribution < -0.4 is 9.47 Å². The largest absolute Gasteiger partial charge is 0.519 e. The molecule has 0 aromatic heterocycles. The van der Waals surface area contributed by atoms with E-state index in [4.69, 9.17) is 14.9 Å². The topological polar surface area (TPSA) is 59.4 Å². The van der Waals surface area contributed by atoms with E-state index < -0.39 is 6.16 Å². The molecule has 2 aromatic carbocycles. The number of rotatable bonds is 7. The Morgan fingerprint density at radius 1 is 0.957 bits per heavy atom. The summed E-state index contributed by atoms with van der Waals surface area (Å²) in [6, 6.07) is 15.8. The van der Waals surface area contributed by atoms with Crippen LogP contribution in [0.3, 0.4) is 0 Å². The van der Waals surface area contributed by atoms with Crippen LogP contribution in [0.25, 0.3) is 0 Å². The molecular weight excluding hydrogens is 290 g/mol. The summed E-state index contributed by atoms with van der Waals surface area (Å²) < 4.78 is 10.4. The molecule has 0 aliphatic carbocycles. The van der Waals surface area contributed by atoms with E-state index in [1.54, 1.807) is 42.5 Å². The van der Waals surface area contributed by atoms with E-state index in [0.717, 1.165) is 19.3 Å². The minimum absolute atomic E-state index is 0.356. The number of nitrogens with one attached hydrogen (secondary N) is 1. The molecule has 4 heteroatoms. The molecule has 0 aliphatic rings. The first-order valence-electron chi connectivity index (χ1n) is 7.82. The fourth-order valence-electron chi connectivity index (χ4n) is 2.19. The maximum atomic E-state index is 11.9. The molecule has 2 aromatic rings. The highest BCUT2D eigenvalue weighted by atomic mass is 16.7. The first-order valence-corrected chi connectivity index (χ1v) is 7.82. The molecule has 4 nitrogen and oxygen atoms in total. The van der Waals surface area contributed by atoms with Crippen molar-refractivity contribution in [3.63, 3.8) is 0 Å². The normalized spacial score (nSPS) is 10.1. The molecule has 0 bridgehead atoms. The number of unbranched alkanes of at least 4 members (excludes halogenated alkanes) is 2. The van der Waals surface area contributed by atoms with Gasteiger partial charge in [-0.15, -0.1) is 0 Å². The molecule has 0 saturated carbocycles. The standard InChI is InChI=1S/C19H21NO3/c1-2-3-5-13-17(20)16-12-8-9-14-18(16)23-19(21)22-15-10-6-4-7-11-15/h4,6-12,14,20H,2-3,5,13H2,1H3. The third-order valence-corrected chi connectivity index (χ3v) is 3.38. The predicted molar refractivity (Wildman–Crippen MR) is 90.5 cm³/mol. The van der Waals surface area contributed by atoms with Crippen LogP contribution >= 0.6 is 0 Å². The van der Waals surface area contributed by atoms with Gasteiger partial charge >= 0.3 is 6.16 Å². The second-order valence-electron chi connectivity index (χ2n) is 5.20. The third kappa shape index (κ3) is 5.25. The number of hydrogen-bond donors (Lipinski definition) is 1. The minimum atomic E-state index is -0.801. The maximum absolute atomic E-state index is 11.9. The number of hydrogen-bond acceptors (Lipinski definition) is 4. The van der Waals surface area contributed by atoms with Gasteiger partial charge in [0.25, 0.3) is 0 Å². The number of carbonyl (C=O) groups excluding carboxylic acids is 1. The van der Waals surface area contributed by atoms with E-state index in [1.165, 1.54) is 0 Å². The summed E-state index contributed by atoms with van der Waals surface area (Å²) in [5.41, 5.74) is 1.11. The van der Waals surface area contributed by atoms with Gasteiger partial charge in [0.2, 0.25) is 0 Å². The minimum Gasteiger partial charge on any atom is -0.395 e. The van der Waals surface area contributed by atoms with Gasteiger partial charge in [-0.25, -0.2) is 4.79 Å². The monoisotopic (exact) mass is 311 g/mol. The van der Waals surface area contributed by atoms with Crippen LogP contribution in [0.2, 0.25) is 0 Å². The SMILES string of the molecule is CCCCCC(=N)c1ccccc1OC(=O)Oc1ccccc1. The second-order valence-corrected chi connectivity index (χ2v) is 5.20. The predicted octanol–water partition coefficient (Wildman–Crippen LogP) is 5.21. The van der Waals surface area contributed by atoms with Crippen molar-refractivity contribution in [2.75, 3.05) is 0 Å². The van der Waals surface area contributed by atoms with E-state index in [-0.39, 0.29) is 0 Å². The highest BCUT2D eigenvalue weighted by Crippen LogP contribution is 2.22. The zero-order chi connectivity index (χ0) is 16.5. The van der Waals surface area contributed by atoms with Crippen LogP contribution in [-0.2, 0) is 0 Å². The molecule has 0 radical (unpaired) electrons. The van der Waals surface area contributed by atoms with E-state index in [2.05, 4.69) is 6.92 Å². The summed E-state index contributed by atoms with van der Waals surface area (Å²) in [5, 5.41) is 8.18. The van der Waals surface area contributed by atoms with Crippen molar-refractivity contribution in [2.45, 2.75) is 32.6 Å². The van der Waals surface area contributed by atoms with Crippen molar-refractivity contribution < 1.29 is 14.3 Å². The van der Waals surface area contributed by atoms with Gasteiger partial charge in [-0.3, -0.25) is 0 Å². The van der Waals surface area contributed by atoms with Crippen molar-refractivity contribution in [1.82, 2.24) is 0 Å². The molecule has 1 N–H and O–H groups in total. The van der Waals surface area contributed by atoms with Crippen LogP contribution in [0, 0.1) is 5.41 Å². The molecule has 120 valence electrons. The van der Waals surface area contributed by atoms with Gasteiger partial charge in [-0.05, 0) is 37.1 Å². The van der Waals surface area contributed by atoms with Gasteiger partial charge < -0.3 is 14.9 Å². The zero-order valence-electron chi connectivity index (χ0n) is 13.2. The number of carbonyl (C=O) groups is 1. The lowest BCUT2D eigenvalue weighted by molar-refractivity contribution is 0.152. The van der Waals surface area contributed by atoms with Gasteiger partial charge in [0.05, 0.1) is 0 Å². The Balaban J connectivity index is 2.02. The molecule has 2 rings (SSSR count). The summed E-state index contributed by atoms with van der Waals surface area (Å²) >= 11 is 0. The molecule has 0 unspecified atom stereocenters. The fourth-order valence-corrected chi connectivity index (χ4v) is 2.19. The molecular formula is C19H21NO3. The summed E-state index contributed by atoms with van der Waals surface area (Å²) in [6.45, 7) is 2.13. The quantitative estimate of drug-likeness (QED) is 0.330. The van der Waals surface area contributed by atoms with Crippen LogP contribution in [0.1, 0.15) is 38.2 Å². The Kier molecular flexibility index (Phi) is 6.36. The first kappa shape index (κ1) is 16.7. The summed E-state index contributed by atoms with van der Waals surface area (Å²) in [7, 11) is 0. The lowest BCUT2D eigenvalue weighted by atomic mass is 10.0. The molecule has 0 saturated heterocycles. The highest BCUT2D eigenvalue weighted by Gasteiger charge is 2.13. The lowest BCUT2D eigenvalue weighted by Gasteiger charge is -2.11. The van der Waals surface area contributed by atoms with E-state index in [1.807, 2.05) is 12.1 Å². The van der Waals surface area contributed by atoms with E-state index in [9.17, 15) is 4.79 Å². The first-order chi connectivity index (χ1) is 11.2. The molecule has 0 amide bonds. The van der Waals surface area contributed by atoms with Gasteiger partial charge in [0, 0.05) is 11.3 Å². The molecule has 0 aliphatic heterocycles.